The highest BCUT2D eigenvalue weighted by molar-refractivity contribution is 8.05. The van der Waals surface area contributed by atoms with Crippen LogP contribution in [0.4, 0.5) is 0 Å². The van der Waals surface area contributed by atoms with Gasteiger partial charge in [0, 0.05) is 16.2 Å². The molecule has 0 nitrogen and oxygen atoms in total. The van der Waals surface area contributed by atoms with Gasteiger partial charge in [0.25, 0.3) is 0 Å². The lowest BCUT2D eigenvalue weighted by Crippen LogP contribution is -1.97. The van der Waals surface area contributed by atoms with Crippen molar-refractivity contribution in [1.29, 1.82) is 0 Å². The van der Waals surface area contributed by atoms with E-state index in [4.69, 9.17) is 34.8 Å². The van der Waals surface area contributed by atoms with Gasteiger partial charge in [-0.3, -0.25) is 0 Å². The fourth-order valence-electron chi connectivity index (χ4n) is 0.618. The van der Waals surface area contributed by atoms with Gasteiger partial charge in [-0.15, -0.1) is 23.4 Å². The fourth-order valence-corrected chi connectivity index (χ4v) is 2.60. The molecule has 0 spiro atoms. The Kier molecular flexibility index (Phi) is 3.03. The van der Waals surface area contributed by atoms with Crippen LogP contribution in [0, 0.1) is 0 Å². The van der Waals surface area contributed by atoms with Crippen LogP contribution in [-0.2, 0) is 0 Å². The van der Waals surface area contributed by atoms with Crippen LogP contribution in [0.25, 0.3) is 0 Å². The Morgan fingerprint density at radius 2 is 2.22 bits per heavy atom. The van der Waals surface area contributed by atoms with E-state index in [9.17, 15) is 0 Å². The lowest BCUT2D eigenvalue weighted by molar-refractivity contribution is 0.996. The molecule has 1 aliphatic heterocycles. The van der Waals surface area contributed by atoms with Crippen molar-refractivity contribution in [2.45, 2.75) is 11.7 Å². The lowest BCUT2D eigenvalue weighted by atomic mass is 10.3. The van der Waals surface area contributed by atoms with Crippen molar-refractivity contribution in [2.75, 3.05) is 5.88 Å². The van der Waals surface area contributed by atoms with Crippen LogP contribution < -0.4 is 0 Å². The van der Waals surface area contributed by atoms with Crippen molar-refractivity contribution in [3.63, 3.8) is 0 Å². The number of alkyl halides is 1. The topological polar surface area (TPSA) is 0 Å². The highest BCUT2D eigenvalue weighted by Gasteiger charge is 2.21. The summed E-state index contributed by atoms with van der Waals surface area (Å²) in [5, 5.41) is 1.15. The van der Waals surface area contributed by atoms with Gasteiger partial charge >= 0.3 is 0 Å². The standard InChI is InChI=1S/C5H5Cl3S/c6-2-3-1-4(7)5(8)9-3/h3H,1-2H2. The second-order valence-electron chi connectivity index (χ2n) is 1.78. The molecular formula is C5H5Cl3S. The molecule has 1 unspecified atom stereocenters. The van der Waals surface area contributed by atoms with Crippen molar-refractivity contribution in [3.05, 3.63) is 9.40 Å². The van der Waals surface area contributed by atoms with Crippen LogP contribution in [0.15, 0.2) is 9.40 Å². The molecule has 1 rings (SSSR count). The number of hydrogen-bond acceptors (Lipinski definition) is 1. The van der Waals surface area contributed by atoms with E-state index in [1.807, 2.05) is 0 Å². The van der Waals surface area contributed by atoms with Gasteiger partial charge in [-0.1, -0.05) is 23.2 Å². The van der Waals surface area contributed by atoms with Crippen molar-refractivity contribution in [1.82, 2.24) is 0 Å². The average Bonchev–Trinajstić information content (AvgIpc) is 2.13. The minimum Gasteiger partial charge on any atom is -0.125 e. The Morgan fingerprint density at radius 1 is 1.56 bits per heavy atom. The first-order valence-electron chi connectivity index (χ1n) is 2.51. The van der Waals surface area contributed by atoms with E-state index < -0.39 is 0 Å². The quantitative estimate of drug-likeness (QED) is 0.589. The molecule has 9 heavy (non-hydrogen) atoms. The molecule has 0 saturated heterocycles. The molecule has 0 aromatic rings. The highest BCUT2D eigenvalue weighted by Crippen LogP contribution is 2.42. The van der Waals surface area contributed by atoms with Crippen LogP contribution >= 0.6 is 46.6 Å². The molecule has 0 radical (unpaired) electrons. The van der Waals surface area contributed by atoms with Gasteiger partial charge in [-0.2, -0.15) is 0 Å². The Labute approximate surface area is 73.5 Å². The first kappa shape index (κ1) is 8.06. The molecule has 0 fully saturated rings. The van der Waals surface area contributed by atoms with Gasteiger partial charge < -0.3 is 0 Å². The number of rotatable bonds is 1. The maximum Gasteiger partial charge on any atom is 0.0883 e. The van der Waals surface area contributed by atoms with Gasteiger partial charge in [0.2, 0.25) is 0 Å². The zero-order valence-electron chi connectivity index (χ0n) is 4.53. The van der Waals surface area contributed by atoms with Gasteiger partial charge in [0.05, 0.1) is 4.36 Å². The van der Waals surface area contributed by atoms with E-state index in [0.717, 1.165) is 11.5 Å². The molecule has 0 aromatic carbocycles. The van der Waals surface area contributed by atoms with Crippen molar-refractivity contribution >= 4 is 46.6 Å². The monoisotopic (exact) mass is 202 g/mol. The third-order valence-electron chi connectivity index (χ3n) is 1.06. The molecule has 0 bridgehead atoms. The molecule has 0 saturated carbocycles. The minimum atomic E-state index is 0.395. The molecule has 0 aromatic heterocycles. The molecule has 4 heteroatoms. The van der Waals surface area contributed by atoms with E-state index >= 15 is 0 Å². The second-order valence-corrected chi connectivity index (χ2v) is 4.45. The minimum absolute atomic E-state index is 0.395. The summed E-state index contributed by atoms with van der Waals surface area (Å²) in [6.07, 6.45) is 0.828. The van der Waals surface area contributed by atoms with Crippen LogP contribution in [0.3, 0.4) is 0 Å². The lowest BCUT2D eigenvalue weighted by Gasteiger charge is -1.99. The van der Waals surface area contributed by atoms with Crippen LogP contribution in [0.2, 0.25) is 0 Å². The maximum absolute atomic E-state index is 5.70. The van der Waals surface area contributed by atoms with Crippen LogP contribution in [0.5, 0.6) is 0 Å². The van der Waals surface area contributed by atoms with E-state index in [0.29, 0.717) is 15.5 Å². The molecule has 52 valence electrons. The molecule has 0 N–H and O–H groups in total. The SMILES string of the molecule is ClCC1CC(Cl)=C(Cl)S1. The summed E-state index contributed by atoms with van der Waals surface area (Å²) in [6.45, 7) is 0. The zero-order chi connectivity index (χ0) is 6.85. The molecule has 1 aliphatic rings. The average molecular weight is 204 g/mol. The first-order valence-corrected chi connectivity index (χ1v) is 4.68. The van der Waals surface area contributed by atoms with E-state index in [2.05, 4.69) is 0 Å². The summed E-state index contributed by atoms with van der Waals surface area (Å²) in [6, 6.07) is 0. The van der Waals surface area contributed by atoms with Gasteiger partial charge in [0.15, 0.2) is 0 Å². The Hall–Kier alpha value is 0.960. The summed E-state index contributed by atoms with van der Waals surface area (Å²) in [5.41, 5.74) is 0. The molecule has 1 heterocycles. The molecule has 0 amide bonds. The molecular weight excluding hydrogens is 198 g/mol. The molecule has 1 atom stereocenters. The number of halogens is 3. The van der Waals surface area contributed by atoms with Gasteiger partial charge in [-0.05, 0) is 6.42 Å². The van der Waals surface area contributed by atoms with Crippen LogP contribution in [-0.4, -0.2) is 11.1 Å². The summed E-state index contributed by atoms with van der Waals surface area (Å²) < 4.78 is 0.710. The van der Waals surface area contributed by atoms with Gasteiger partial charge in [0.1, 0.15) is 0 Å². The van der Waals surface area contributed by atoms with E-state index in [-0.39, 0.29) is 0 Å². The van der Waals surface area contributed by atoms with Crippen molar-refractivity contribution in [2.24, 2.45) is 0 Å². The predicted molar refractivity (Wildman–Crippen MR) is 45.4 cm³/mol. The zero-order valence-corrected chi connectivity index (χ0v) is 7.62. The van der Waals surface area contributed by atoms with Crippen molar-refractivity contribution < 1.29 is 0 Å². The Bertz CT molecular complexity index is 129. The number of allylic oxidation sites excluding steroid dienone is 1. The van der Waals surface area contributed by atoms with Crippen molar-refractivity contribution in [3.8, 4) is 0 Å². The fraction of sp³-hybridized carbons (Fsp3) is 0.600. The predicted octanol–water partition coefficient (Wildman–Crippen LogP) is 3.38. The summed E-state index contributed by atoms with van der Waals surface area (Å²) in [4.78, 5) is 0. The number of thioether (sulfide) groups is 1. The smallest absolute Gasteiger partial charge is 0.0883 e. The maximum atomic E-state index is 5.70. The second kappa shape index (κ2) is 3.38. The normalized spacial score (nSPS) is 27.7. The number of hydrogen-bond donors (Lipinski definition) is 0. The molecule has 0 aliphatic carbocycles. The highest BCUT2D eigenvalue weighted by atomic mass is 35.5. The van der Waals surface area contributed by atoms with Gasteiger partial charge in [-0.25, -0.2) is 0 Å². The summed E-state index contributed by atoms with van der Waals surface area (Å²) >= 11 is 18.5. The third kappa shape index (κ3) is 1.94. The summed E-state index contributed by atoms with van der Waals surface area (Å²) in [7, 11) is 0. The van der Waals surface area contributed by atoms with E-state index in [1.165, 1.54) is 0 Å². The third-order valence-corrected chi connectivity index (χ3v) is 3.79. The largest absolute Gasteiger partial charge is 0.125 e. The first-order chi connectivity index (χ1) is 4.24. The Morgan fingerprint density at radius 3 is 2.44 bits per heavy atom. The summed E-state index contributed by atoms with van der Waals surface area (Å²) in [5.74, 6) is 0.622. The van der Waals surface area contributed by atoms with E-state index in [1.54, 1.807) is 11.8 Å². The van der Waals surface area contributed by atoms with Crippen LogP contribution in [0.1, 0.15) is 6.42 Å². The Balaban J connectivity index is 2.48.